The maximum absolute atomic E-state index is 6.16. The van der Waals surface area contributed by atoms with Gasteiger partial charge in [0.1, 0.15) is 5.52 Å². The van der Waals surface area contributed by atoms with Crippen molar-refractivity contribution in [3.05, 3.63) is 5.69 Å². The van der Waals surface area contributed by atoms with E-state index in [0.717, 1.165) is 35.7 Å². The average Bonchev–Trinajstić information content (AvgIpc) is 3.26. The molecule has 0 aliphatic heterocycles. The summed E-state index contributed by atoms with van der Waals surface area (Å²) in [4.78, 5) is 4.55. The maximum Gasteiger partial charge on any atom is 0.202 e. The number of nitrogens with two attached hydrogens (primary N) is 1. The summed E-state index contributed by atoms with van der Waals surface area (Å²) in [5.74, 6) is 1.59. The van der Waals surface area contributed by atoms with Gasteiger partial charge in [-0.25, -0.2) is 4.98 Å². The zero-order valence-corrected chi connectivity index (χ0v) is 11.7. The lowest BCUT2D eigenvalue weighted by Crippen LogP contribution is -2.17. The number of anilines is 1. The predicted molar refractivity (Wildman–Crippen MR) is 74.7 cm³/mol. The molecular formula is C14H21N5. The van der Waals surface area contributed by atoms with E-state index in [9.17, 15) is 0 Å². The molecule has 0 amide bonds. The largest absolute Gasteiger partial charge is 0.369 e. The zero-order valence-electron chi connectivity index (χ0n) is 11.7. The van der Waals surface area contributed by atoms with Crippen molar-refractivity contribution < 1.29 is 0 Å². The molecule has 2 N–H and O–H groups in total. The summed E-state index contributed by atoms with van der Waals surface area (Å²) in [7, 11) is 2.00. The number of nitrogen functional groups attached to an aromatic ring is 1. The quantitative estimate of drug-likeness (QED) is 0.914. The molecule has 4 rings (SSSR count). The van der Waals surface area contributed by atoms with Crippen LogP contribution in [0.25, 0.3) is 11.2 Å². The second kappa shape index (κ2) is 3.52. The summed E-state index contributed by atoms with van der Waals surface area (Å²) in [5, 5.41) is 4.56. The Balaban J connectivity index is 1.80. The Labute approximate surface area is 112 Å². The van der Waals surface area contributed by atoms with Crippen LogP contribution in [-0.2, 0) is 20.0 Å². The van der Waals surface area contributed by atoms with Crippen molar-refractivity contribution in [2.75, 3.05) is 5.73 Å². The monoisotopic (exact) mass is 259 g/mol. The number of hydrogen-bond donors (Lipinski definition) is 1. The van der Waals surface area contributed by atoms with Gasteiger partial charge in [0.2, 0.25) is 5.95 Å². The van der Waals surface area contributed by atoms with Gasteiger partial charge in [0.25, 0.3) is 0 Å². The first kappa shape index (κ1) is 11.3. The van der Waals surface area contributed by atoms with Crippen molar-refractivity contribution in [3.63, 3.8) is 0 Å². The third-order valence-electron chi connectivity index (χ3n) is 4.96. The van der Waals surface area contributed by atoms with Crippen LogP contribution in [0.2, 0.25) is 0 Å². The van der Waals surface area contributed by atoms with E-state index in [4.69, 9.17) is 5.73 Å². The molecule has 5 heteroatoms. The molecule has 2 aromatic heterocycles. The number of hydrogen-bond acceptors (Lipinski definition) is 3. The third-order valence-corrected chi connectivity index (χ3v) is 4.96. The fraction of sp³-hybridized carbons (Fsp3) is 0.714. The van der Waals surface area contributed by atoms with Crippen LogP contribution in [0.3, 0.4) is 0 Å². The van der Waals surface area contributed by atoms with E-state index >= 15 is 0 Å². The maximum atomic E-state index is 6.16. The zero-order chi connectivity index (χ0) is 13.2. The second-order valence-electron chi connectivity index (χ2n) is 6.29. The van der Waals surface area contributed by atoms with Crippen LogP contribution in [0.4, 0.5) is 5.95 Å². The Hall–Kier alpha value is -1.52. The lowest BCUT2D eigenvalue weighted by atomic mass is 10.0. The topological polar surface area (TPSA) is 61.7 Å². The molecule has 0 aromatic carbocycles. The summed E-state index contributed by atoms with van der Waals surface area (Å²) >= 11 is 0. The first-order valence-electron chi connectivity index (χ1n) is 7.32. The molecule has 0 radical (unpaired) electrons. The van der Waals surface area contributed by atoms with E-state index in [-0.39, 0.29) is 0 Å². The summed E-state index contributed by atoms with van der Waals surface area (Å²) in [5.41, 5.74) is 9.83. The highest BCUT2D eigenvalue weighted by Gasteiger charge is 2.54. The minimum Gasteiger partial charge on any atom is -0.369 e. The van der Waals surface area contributed by atoms with Gasteiger partial charge in [-0.05, 0) is 43.4 Å². The fourth-order valence-electron chi connectivity index (χ4n) is 3.52. The SMILES string of the molecule is CCc1nn(C)c2c1nc(N)n2CC1(C2CC2)CC1. The molecule has 102 valence electrons. The molecule has 0 bridgehead atoms. The number of imidazole rings is 1. The van der Waals surface area contributed by atoms with E-state index in [1.165, 1.54) is 25.7 Å². The Morgan fingerprint density at radius 1 is 1.37 bits per heavy atom. The molecule has 2 aromatic rings. The van der Waals surface area contributed by atoms with Crippen molar-refractivity contribution >= 4 is 17.1 Å². The van der Waals surface area contributed by atoms with Crippen LogP contribution in [0, 0.1) is 11.3 Å². The minimum atomic E-state index is 0.526. The number of rotatable bonds is 4. The Bertz CT molecular complexity index is 642. The summed E-state index contributed by atoms with van der Waals surface area (Å²) < 4.78 is 4.15. The molecule has 2 fully saturated rings. The normalized spacial score (nSPS) is 21.2. The minimum absolute atomic E-state index is 0.526. The van der Waals surface area contributed by atoms with Gasteiger partial charge < -0.3 is 5.73 Å². The number of nitrogens with zero attached hydrogens (tertiary/aromatic N) is 4. The Morgan fingerprint density at radius 3 is 2.68 bits per heavy atom. The molecular weight excluding hydrogens is 238 g/mol. The Kier molecular flexibility index (Phi) is 2.10. The first-order valence-corrected chi connectivity index (χ1v) is 7.32. The number of aryl methyl sites for hydroxylation is 2. The molecule has 2 aliphatic carbocycles. The molecule has 0 spiro atoms. The molecule has 0 atom stereocenters. The van der Waals surface area contributed by atoms with Crippen molar-refractivity contribution in [2.45, 2.75) is 45.6 Å². The number of aromatic nitrogens is 4. The fourth-order valence-corrected chi connectivity index (χ4v) is 3.52. The molecule has 2 saturated carbocycles. The van der Waals surface area contributed by atoms with E-state index < -0.39 is 0 Å². The van der Waals surface area contributed by atoms with Crippen molar-refractivity contribution in [1.29, 1.82) is 0 Å². The van der Waals surface area contributed by atoms with Crippen LogP contribution in [0.5, 0.6) is 0 Å². The van der Waals surface area contributed by atoms with Crippen LogP contribution in [-0.4, -0.2) is 19.3 Å². The molecule has 2 heterocycles. The van der Waals surface area contributed by atoms with Crippen molar-refractivity contribution in [1.82, 2.24) is 19.3 Å². The van der Waals surface area contributed by atoms with Crippen LogP contribution < -0.4 is 5.73 Å². The van der Waals surface area contributed by atoms with Crippen molar-refractivity contribution in [3.8, 4) is 0 Å². The van der Waals surface area contributed by atoms with Gasteiger partial charge in [-0.15, -0.1) is 0 Å². The molecule has 19 heavy (non-hydrogen) atoms. The van der Waals surface area contributed by atoms with Crippen LogP contribution >= 0.6 is 0 Å². The lowest BCUT2D eigenvalue weighted by molar-refractivity contribution is 0.375. The predicted octanol–water partition coefficient (Wildman–Crippen LogP) is 2.10. The van der Waals surface area contributed by atoms with E-state index in [0.29, 0.717) is 11.4 Å². The lowest BCUT2D eigenvalue weighted by Gasteiger charge is -2.16. The van der Waals surface area contributed by atoms with Gasteiger partial charge in [0.05, 0.1) is 5.69 Å². The highest BCUT2D eigenvalue weighted by Crippen LogP contribution is 2.62. The Morgan fingerprint density at radius 2 is 2.11 bits per heavy atom. The molecule has 5 nitrogen and oxygen atoms in total. The van der Waals surface area contributed by atoms with Crippen LogP contribution in [0.1, 0.15) is 38.3 Å². The molecule has 2 aliphatic rings. The summed E-state index contributed by atoms with van der Waals surface area (Å²) in [6.07, 6.45) is 6.43. The van der Waals surface area contributed by atoms with Gasteiger partial charge >= 0.3 is 0 Å². The van der Waals surface area contributed by atoms with Crippen molar-refractivity contribution in [2.24, 2.45) is 18.4 Å². The van der Waals surface area contributed by atoms with Gasteiger partial charge in [-0.3, -0.25) is 9.25 Å². The first-order chi connectivity index (χ1) is 9.14. The van der Waals surface area contributed by atoms with E-state index in [1.807, 2.05) is 11.7 Å². The van der Waals surface area contributed by atoms with Gasteiger partial charge in [-0.1, -0.05) is 6.92 Å². The second-order valence-corrected chi connectivity index (χ2v) is 6.29. The smallest absolute Gasteiger partial charge is 0.202 e. The standard InChI is InChI=1S/C14H21N5/c1-3-10-11-12(18(2)17-10)19(13(15)16-11)8-14(6-7-14)9-4-5-9/h9H,3-8H2,1-2H3,(H2,15,16). The van der Waals surface area contributed by atoms with E-state index in [1.54, 1.807) is 0 Å². The highest BCUT2D eigenvalue weighted by molar-refractivity contribution is 5.77. The molecule has 0 saturated heterocycles. The van der Waals surface area contributed by atoms with E-state index in [2.05, 4.69) is 21.6 Å². The third kappa shape index (κ3) is 1.53. The summed E-state index contributed by atoms with van der Waals surface area (Å²) in [6.45, 7) is 3.15. The van der Waals surface area contributed by atoms with Gasteiger partial charge in [0.15, 0.2) is 5.65 Å². The summed E-state index contributed by atoms with van der Waals surface area (Å²) in [6, 6.07) is 0. The van der Waals surface area contributed by atoms with Crippen LogP contribution in [0.15, 0.2) is 0 Å². The average molecular weight is 259 g/mol. The van der Waals surface area contributed by atoms with Gasteiger partial charge in [0, 0.05) is 13.6 Å². The molecule has 0 unspecified atom stereocenters. The number of fused-ring (bicyclic) bond motifs is 1. The highest BCUT2D eigenvalue weighted by atomic mass is 15.3. The van der Waals surface area contributed by atoms with Gasteiger partial charge in [-0.2, -0.15) is 5.10 Å².